The lowest BCUT2D eigenvalue weighted by molar-refractivity contribution is -0.138. The van der Waals surface area contributed by atoms with E-state index in [-0.39, 0.29) is 18.0 Å². The number of amides is 1. The predicted octanol–water partition coefficient (Wildman–Crippen LogP) is 0.573. The van der Waals surface area contributed by atoms with E-state index in [4.69, 9.17) is 5.73 Å². The van der Waals surface area contributed by atoms with Crippen molar-refractivity contribution in [2.45, 2.75) is 43.8 Å². The molecule has 1 aliphatic carbocycles. The Labute approximate surface area is 101 Å². The number of rotatable bonds is 2. The van der Waals surface area contributed by atoms with Crippen molar-refractivity contribution >= 4 is 5.91 Å². The van der Waals surface area contributed by atoms with Crippen molar-refractivity contribution in [3.05, 3.63) is 18.2 Å². The first-order valence-electron chi connectivity index (χ1n) is 6.21. The highest BCUT2D eigenvalue weighted by Crippen LogP contribution is 2.39. The first-order chi connectivity index (χ1) is 8.18. The van der Waals surface area contributed by atoms with Gasteiger partial charge in [-0.2, -0.15) is 0 Å². The summed E-state index contributed by atoms with van der Waals surface area (Å²) in [5, 5.41) is 0. The zero-order valence-corrected chi connectivity index (χ0v) is 10.0. The molecule has 17 heavy (non-hydrogen) atoms. The maximum Gasteiger partial charge on any atom is 0.223 e. The van der Waals surface area contributed by atoms with E-state index >= 15 is 0 Å². The maximum atomic E-state index is 12.1. The number of piperidine rings is 1. The third kappa shape index (κ3) is 1.74. The van der Waals surface area contributed by atoms with Crippen LogP contribution < -0.4 is 5.73 Å². The summed E-state index contributed by atoms with van der Waals surface area (Å²) < 4.78 is 1.97. The third-order valence-corrected chi connectivity index (χ3v) is 3.78. The molecule has 0 spiro atoms. The minimum absolute atomic E-state index is 0.0104. The van der Waals surface area contributed by atoms with Crippen molar-refractivity contribution in [3.8, 4) is 0 Å². The SMILES string of the molecule is Cn1cncc1[C@H]1[C@@H](N)CCC(=O)N1C1CC1. The van der Waals surface area contributed by atoms with Crippen molar-refractivity contribution < 1.29 is 4.79 Å². The number of hydrogen-bond donors (Lipinski definition) is 1. The lowest BCUT2D eigenvalue weighted by Crippen LogP contribution is -2.50. The summed E-state index contributed by atoms with van der Waals surface area (Å²) in [5.74, 6) is 0.250. The molecule has 2 atom stereocenters. The number of carbonyl (C=O) groups excluding carboxylic acids is 1. The zero-order chi connectivity index (χ0) is 12.0. The largest absolute Gasteiger partial charge is 0.336 e. The molecule has 2 aliphatic rings. The first kappa shape index (κ1) is 10.8. The zero-order valence-electron chi connectivity index (χ0n) is 10.0. The Hall–Kier alpha value is -1.36. The Morgan fingerprint density at radius 1 is 1.41 bits per heavy atom. The summed E-state index contributed by atoms with van der Waals surface area (Å²) in [7, 11) is 1.96. The first-order valence-corrected chi connectivity index (χ1v) is 6.21. The van der Waals surface area contributed by atoms with E-state index in [2.05, 4.69) is 4.98 Å². The van der Waals surface area contributed by atoms with Crippen LogP contribution in [0.5, 0.6) is 0 Å². The quantitative estimate of drug-likeness (QED) is 0.813. The van der Waals surface area contributed by atoms with E-state index < -0.39 is 0 Å². The van der Waals surface area contributed by atoms with Gasteiger partial charge in [0.05, 0.1) is 24.3 Å². The van der Waals surface area contributed by atoms with Crippen LogP contribution in [0.3, 0.4) is 0 Å². The van der Waals surface area contributed by atoms with Gasteiger partial charge in [0.25, 0.3) is 0 Å². The Balaban J connectivity index is 1.97. The molecule has 2 N–H and O–H groups in total. The molecule has 0 unspecified atom stereocenters. The highest BCUT2D eigenvalue weighted by atomic mass is 16.2. The molecule has 2 heterocycles. The number of hydrogen-bond acceptors (Lipinski definition) is 3. The van der Waals surface area contributed by atoms with Crippen molar-refractivity contribution in [2.75, 3.05) is 0 Å². The molecular weight excluding hydrogens is 216 g/mol. The predicted molar refractivity (Wildman–Crippen MR) is 63.0 cm³/mol. The Bertz CT molecular complexity index is 437. The molecule has 92 valence electrons. The van der Waals surface area contributed by atoms with Crippen LogP contribution in [0.1, 0.15) is 37.4 Å². The second-order valence-electron chi connectivity index (χ2n) is 5.11. The molecule has 3 rings (SSSR count). The fourth-order valence-electron chi connectivity index (χ4n) is 2.74. The summed E-state index contributed by atoms with van der Waals surface area (Å²) in [6, 6.07) is 0.452. The monoisotopic (exact) mass is 234 g/mol. The number of likely N-dealkylation sites (tertiary alicyclic amines) is 1. The Kier molecular flexibility index (Phi) is 2.43. The molecule has 1 aromatic heterocycles. The molecule has 1 saturated carbocycles. The van der Waals surface area contributed by atoms with Crippen molar-refractivity contribution in [3.63, 3.8) is 0 Å². The molecule has 5 nitrogen and oxygen atoms in total. The Morgan fingerprint density at radius 2 is 2.18 bits per heavy atom. The summed E-state index contributed by atoms with van der Waals surface area (Å²) in [4.78, 5) is 18.2. The fraction of sp³-hybridized carbons (Fsp3) is 0.667. The second kappa shape index (κ2) is 3.84. The minimum atomic E-state index is 0.0104. The fourth-order valence-corrected chi connectivity index (χ4v) is 2.74. The highest BCUT2D eigenvalue weighted by molar-refractivity contribution is 5.78. The Morgan fingerprint density at radius 3 is 2.76 bits per heavy atom. The van der Waals surface area contributed by atoms with Crippen LogP contribution in [0.25, 0.3) is 0 Å². The summed E-state index contributed by atoms with van der Waals surface area (Å²) in [5.41, 5.74) is 7.28. The normalized spacial score (nSPS) is 29.8. The van der Waals surface area contributed by atoms with Crippen LogP contribution in [0, 0.1) is 0 Å². The van der Waals surface area contributed by atoms with E-state index in [9.17, 15) is 4.79 Å². The topological polar surface area (TPSA) is 64.2 Å². The molecule has 0 aromatic carbocycles. The van der Waals surface area contributed by atoms with Gasteiger partial charge in [-0.25, -0.2) is 4.98 Å². The van der Waals surface area contributed by atoms with E-state index in [1.807, 2.05) is 22.7 Å². The van der Waals surface area contributed by atoms with Gasteiger partial charge in [-0.15, -0.1) is 0 Å². The summed E-state index contributed by atoms with van der Waals surface area (Å²) in [6.45, 7) is 0. The van der Waals surface area contributed by atoms with Gasteiger partial charge in [0.1, 0.15) is 0 Å². The van der Waals surface area contributed by atoms with Crippen molar-refractivity contribution in [1.29, 1.82) is 0 Å². The second-order valence-corrected chi connectivity index (χ2v) is 5.11. The van der Waals surface area contributed by atoms with Crippen LogP contribution >= 0.6 is 0 Å². The van der Waals surface area contributed by atoms with Gasteiger partial charge in [-0.3, -0.25) is 4.79 Å². The lowest BCUT2D eigenvalue weighted by atomic mass is 9.93. The highest BCUT2D eigenvalue weighted by Gasteiger charge is 2.43. The molecule has 1 aromatic rings. The van der Waals surface area contributed by atoms with E-state index in [1.54, 1.807) is 6.33 Å². The van der Waals surface area contributed by atoms with Crippen LogP contribution in [-0.4, -0.2) is 32.4 Å². The standard InChI is InChI=1S/C12H18N4O/c1-15-7-14-6-10(15)12-9(13)4-5-11(17)16(12)8-2-3-8/h6-9,12H,2-5,13H2,1H3/t9-,12+/m0/s1. The molecule has 2 fully saturated rings. The molecule has 0 radical (unpaired) electrons. The summed E-state index contributed by atoms with van der Waals surface area (Å²) in [6.07, 6.45) is 7.20. The van der Waals surface area contributed by atoms with Crippen LogP contribution in [0.4, 0.5) is 0 Å². The third-order valence-electron chi connectivity index (χ3n) is 3.78. The molecule has 1 amide bonds. The number of imidazole rings is 1. The number of nitrogens with two attached hydrogens (primary N) is 1. The molecule has 1 saturated heterocycles. The number of carbonyl (C=O) groups is 1. The van der Waals surface area contributed by atoms with Gasteiger partial charge < -0.3 is 15.2 Å². The van der Waals surface area contributed by atoms with Crippen LogP contribution in [0.2, 0.25) is 0 Å². The van der Waals surface area contributed by atoms with Gasteiger partial charge >= 0.3 is 0 Å². The molecule has 5 heteroatoms. The van der Waals surface area contributed by atoms with Crippen molar-refractivity contribution in [2.24, 2.45) is 12.8 Å². The molecule has 0 bridgehead atoms. The van der Waals surface area contributed by atoms with Crippen LogP contribution in [-0.2, 0) is 11.8 Å². The van der Waals surface area contributed by atoms with Gasteiger partial charge in [0, 0.05) is 25.6 Å². The van der Waals surface area contributed by atoms with E-state index in [1.165, 1.54) is 0 Å². The van der Waals surface area contributed by atoms with Crippen molar-refractivity contribution in [1.82, 2.24) is 14.5 Å². The smallest absolute Gasteiger partial charge is 0.223 e. The molecule has 1 aliphatic heterocycles. The van der Waals surface area contributed by atoms with E-state index in [0.717, 1.165) is 25.0 Å². The lowest BCUT2D eigenvalue weighted by Gasteiger charge is -2.40. The minimum Gasteiger partial charge on any atom is -0.336 e. The summed E-state index contributed by atoms with van der Waals surface area (Å²) >= 11 is 0. The van der Waals surface area contributed by atoms with Gasteiger partial charge in [-0.05, 0) is 19.3 Å². The van der Waals surface area contributed by atoms with Gasteiger partial charge in [0.2, 0.25) is 5.91 Å². The average molecular weight is 234 g/mol. The van der Waals surface area contributed by atoms with E-state index in [0.29, 0.717) is 12.5 Å². The average Bonchev–Trinajstić information content (AvgIpc) is 3.05. The number of aromatic nitrogens is 2. The number of nitrogens with zero attached hydrogens (tertiary/aromatic N) is 3. The van der Waals surface area contributed by atoms with Gasteiger partial charge in [-0.1, -0.05) is 0 Å². The molecular formula is C12H18N4O. The number of aryl methyl sites for hydroxylation is 1. The van der Waals surface area contributed by atoms with Gasteiger partial charge in [0.15, 0.2) is 0 Å². The maximum absolute atomic E-state index is 12.1. The van der Waals surface area contributed by atoms with Crippen LogP contribution in [0.15, 0.2) is 12.5 Å².